The van der Waals surface area contributed by atoms with Crippen molar-refractivity contribution >= 4 is 29.0 Å². The Morgan fingerprint density at radius 2 is 1.82 bits per heavy atom. The molecule has 28 heavy (non-hydrogen) atoms. The number of benzene rings is 2. The lowest BCUT2D eigenvalue weighted by molar-refractivity contribution is -0.137. The molecule has 1 heterocycles. The van der Waals surface area contributed by atoms with E-state index < -0.39 is 11.7 Å². The van der Waals surface area contributed by atoms with E-state index in [0.717, 1.165) is 24.2 Å². The van der Waals surface area contributed by atoms with E-state index in [-0.39, 0.29) is 12.5 Å². The molecule has 0 unspecified atom stereocenters. The zero-order valence-electron chi connectivity index (χ0n) is 15.0. The van der Waals surface area contributed by atoms with Crippen LogP contribution in [0.2, 0.25) is 0 Å². The third kappa shape index (κ3) is 5.29. The van der Waals surface area contributed by atoms with Crippen molar-refractivity contribution in [3.63, 3.8) is 0 Å². The standard InChI is InChI=1S/C19H18F3N5S/c1-2-13-6-8-16(9-7-13)24-18(28)25-17-23-12-27(26-17)11-14-4-3-5-15(10-14)19(20,21)22/h3-10,12H,2,11H2,1H3,(H2,24,25,26,28). The molecule has 0 aliphatic rings. The minimum Gasteiger partial charge on any atom is -0.332 e. The highest BCUT2D eigenvalue weighted by Crippen LogP contribution is 2.29. The van der Waals surface area contributed by atoms with Crippen molar-refractivity contribution in [1.29, 1.82) is 0 Å². The number of nitrogens with one attached hydrogen (secondary N) is 2. The molecule has 3 rings (SSSR count). The molecule has 9 heteroatoms. The SMILES string of the molecule is CCc1ccc(NC(=S)Nc2ncn(Cc3cccc(C(F)(F)F)c3)n2)cc1. The first-order chi connectivity index (χ1) is 13.3. The average molecular weight is 405 g/mol. The van der Waals surface area contributed by atoms with Gasteiger partial charge in [0.05, 0.1) is 12.1 Å². The zero-order valence-corrected chi connectivity index (χ0v) is 15.8. The van der Waals surface area contributed by atoms with Gasteiger partial charge < -0.3 is 5.32 Å². The van der Waals surface area contributed by atoms with Gasteiger partial charge in [-0.3, -0.25) is 5.32 Å². The van der Waals surface area contributed by atoms with Gasteiger partial charge in [0.15, 0.2) is 5.11 Å². The van der Waals surface area contributed by atoms with Crippen LogP contribution >= 0.6 is 12.2 Å². The van der Waals surface area contributed by atoms with Crippen molar-refractivity contribution in [2.24, 2.45) is 0 Å². The maximum Gasteiger partial charge on any atom is 0.416 e. The molecule has 0 spiro atoms. The predicted molar refractivity (Wildman–Crippen MR) is 106 cm³/mol. The molecule has 146 valence electrons. The van der Waals surface area contributed by atoms with E-state index in [0.29, 0.717) is 10.7 Å². The number of rotatable bonds is 5. The Kier molecular flexibility index (Phi) is 5.93. The number of hydrogen-bond acceptors (Lipinski definition) is 3. The number of hydrogen-bond donors (Lipinski definition) is 2. The third-order valence-corrected chi connectivity index (χ3v) is 4.18. The topological polar surface area (TPSA) is 54.8 Å². The van der Waals surface area contributed by atoms with Crippen LogP contribution in [-0.2, 0) is 19.1 Å². The molecule has 5 nitrogen and oxygen atoms in total. The van der Waals surface area contributed by atoms with E-state index in [1.807, 2.05) is 24.3 Å². The maximum absolute atomic E-state index is 12.8. The summed E-state index contributed by atoms with van der Waals surface area (Å²) in [5.41, 5.74) is 1.84. The quantitative estimate of drug-likeness (QED) is 0.602. The lowest BCUT2D eigenvalue weighted by Crippen LogP contribution is -2.20. The minimum absolute atomic E-state index is 0.164. The van der Waals surface area contributed by atoms with Crippen LogP contribution in [0.3, 0.4) is 0 Å². The number of nitrogens with zero attached hydrogens (tertiary/aromatic N) is 3. The summed E-state index contributed by atoms with van der Waals surface area (Å²) in [6.45, 7) is 2.24. The molecule has 0 atom stereocenters. The third-order valence-electron chi connectivity index (χ3n) is 3.98. The van der Waals surface area contributed by atoms with Gasteiger partial charge in [-0.25, -0.2) is 9.67 Å². The molecule has 0 saturated heterocycles. The van der Waals surface area contributed by atoms with Gasteiger partial charge in [-0.1, -0.05) is 31.2 Å². The van der Waals surface area contributed by atoms with Crippen LogP contribution in [0.4, 0.5) is 24.8 Å². The van der Waals surface area contributed by atoms with Crippen molar-refractivity contribution in [3.05, 3.63) is 71.5 Å². The molecule has 0 aliphatic heterocycles. The summed E-state index contributed by atoms with van der Waals surface area (Å²) >= 11 is 5.24. The highest BCUT2D eigenvalue weighted by Gasteiger charge is 2.30. The number of anilines is 2. The second-order valence-electron chi connectivity index (χ2n) is 6.09. The van der Waals surface area contributed by atoms with Gasteiger partial charge in [-0.2, -0.15) is 13.2 Å². The first kappa shape index (κ1) is 19.8. The van der Waals surface area contributed by atoms with Gasteiger partial charge in [-0.05, 0) is 54.0 Å². The van der Waals surface area contributed by atoms with E-state index in [4.69, 9.17) is 12.2 Å². The van der Waals surface area contributed by atoms with Crippen LogP contribution < -0.4 is 10.6 Å². The second-order valence-corrected chi connectivity index (χ2v) is 6.50. The van der Waals surface area contributed by atoms with E-state index in [1.54, 1.807) is 6.07 Å². The minimum atomic E-state index is -4.38. The van der Waals surface area contributed by atoms with Crippen LogP contribution in [0, 0.1) is 0 Å². The van der Waals surface area contributed by atoms with E-state index >= 15 is 0 Å². The lowest BCUT2D eigenvalue weighted by atomic mass is 10.1. The van der Waals surface area contributed by atoms with E-state index in [1.165, 1.54) is 22.6 Å². The van der Waals surface area contributed by atoms with Gasteiger partial charge in [0, 0.05) is 5.69 Å². The Balaban J connectivity index is 1.60. The molecular formula is C19H18F3N5S. The molecule has 1 aromatic heterocycles. The van der Waals surface area contributed by atoms with Gasteiger partial charge >= 0.3 is 6.18 Å². The van der Waals surface area contributed by atoms with Crippen molar-refractivity contribution < 1.29 is 13.2 Å². The van der Waals surface area contributed by atoms with Crippen molar-refractivity contribution in [2.45, 2.75) is 26.1 Å². The van der Waals surface area contributed by atoms with Gasteiger partial charge in [-0.15, -0.1) is 5.10 Å². The van der Waals surface area contributed by atoms with Crippen LogP contribution in [0.25, 0.3) is 0 Å². The fourth-order valence-electron chi connectivity index (χ4n) is 2.55. The number of aromatic nitrogens is 3. The first-order valence-electron chi connectivity index (χ1n) is 8.56. The highest BCUT2D eigenvalue weighted by atomic mass is 32.1. The lowest BCUT2D eigenvalue weighted by Gasteiger charge is -2.09. The van der Waals surface area contributed by atoms with Crippen LogP contribution in [0.15, 0.2) is 54.9 Å². The van der Waals surface area contributed by atoms with Crippen molar-refractivity contribution in [2.75, 3.05) is 10.6 Å². The normalized spacial score (nSPS) is 11.3. The first-order valence-corrected chi connectivity index (χ1v) is 8.97. The molecule has 0 fully saturated rings. The Labute approximate surface area is 165 Å². The van der Waals surface area contributed by atoms with Crippen molar-refractivity contribution in [3.8, 4) is 0 Å². The van der Waals surface area contributed by atoms with Gasteiger partial charge in [0.1, 0.15) is 6.33 Å². The van der Waals surface area contributed by atoms with Crippen LogP contribution in [-0.4, -0.2) is 19.9 Å². The number of thiocarbonyl (C=S) groups is 1. The second kappa shape index (κ2) is 8.39. The molecule has 3 aromatic rings. The summed E-state index contributed by atoms with van der Waals surface area (Å²) in [6, 6.07) is 13.0. The van der Waals surface area contributed by atoms with Crippen LogP contribution in [0.5, 0.6) is 0 Å². The predicted octanol–water partition coefficient (Wildman–Crippen LogP) is 4.72. The monoisotopic (exact) mass is 405 g/mol. The molecule has 2 aromatic carbocycles. The Bertz CT molecular complexity index is 951. The molecule has 0 saturated carbocycles. The summed E-state index contributed by atoms with van der Waals surface area (Å²) in [6.07, 6.45) is -1.99. The smallest absolute Gasteiger partial charge is 0.332 e. The van der Waals surface area contributed by atoms with Crippen molar-refractivity contribution in [1.82, 2.24) is 14.8 Å². The van der Waals surface area contributed by atoms with E-state index in [9.17, 15) is 13.2 Å². The fraction of sp³-hybridized carbons (Fsp3) is 0.211. The molecular weight excluding hydrogens is 387 g/mol. The zero-order chi connectivity index (χ0) is 20.1. The number of halogens is 3. The summed E-state index contributed by atoms with van der Waals surface area (Å²) in [7, 11) is 0. The summed E-state index contributed by atoms with van der Waals surface area (Å²) in [5.74, 6) is 0.259. The van der Waals surface area contributed by atoms with Crippen LogP contribution in [0.1, 0.15) is 23.6 Å². The molecule has 0 bridgehead atoms. The summed E-state index contributed by atoms with van der Waals surface area (Å²) in [4.78, 5) is 4.08. The largest absolute Gasteiger partial charge is 0.416 e. The summed E-state index contributed by atoms with van der Waals surface area (Å²) in [5, 5.41) is 10.4. The van der Waals surface area contributed by atoms with Gasteiger partial charge in [0.25, 0.3) is 0 Å². The maximum atomic E-state index is 12.8. The molecule has 0 amide bonds. The summed E-state index contributed by atoms with van der Waals surface area (Å²) < 4.78 is 39.9. The van der Waals surface area contributed by atoms with Gasteiger partial charge in [0.2, 0.25) is 5.95 Å². The highest BCUT2D eigenvalue weighted by molar-refractivity contribution is 7.80. The Hall–Kier alpha value is -2.94. The van der Waals surface area contributed by atoms with E-state index in [2.05, 4.69) is 27.6 Å². The number of aryl methyl sites for hydroxylation is 1. The Morgan fingerprint density at radius 1 is 1.07 bits per heavy atom. The average Bonchev–Trinajstić information content (AvgIpc) is 3.08. The number of alkyl halides is 3. The fourth-order valence-corrected chi connectivity index (χ4v) is 2.76. The molecule has 0 aliphatic carbocycles. The molecule has 2 N–H and O–H groups in total. The molecule has 0 radical (unpaired) electrons. The Morgan fingerprint density at radius 3 is 2.50 bits per heavy atom.